The summed E-state index contributed by atoms with van der Waals surface area (Å²) in [7, 11) is 0. The number of fused-ring (bicyclic) bond motifs is 2. The summed E-state index contributed by atoms with van der Waals surface area (Å²) in [5, 5.41) is 0. The van der Waals surface area contributed by atoms with Crippen molar-refractivity contribution >= 4 is 0 Å². The monoisotopic (exact) mass is 280 g/mol. The summed E-state index contributed by atoms with van der Waals surface area (Å²) in [4.78, 5) is 11.7. The van der Waals surface area contributed by atoms with Gasteiger partial charge in [-0.15, -0.1) is 0 Å². The lowest BCUT2D eigenvalue weighted by Crippen LogP contribution is -2.68. The fourth-order valence-corrected chi connectivity index (χ4v) is 4.75. The summed E-state index contributed by atoms with van der Waals surface area (Å²) in [6, 6.07) is 0. The van der Waals surface area contributed by atoms with E-state index in [0.717, 1.165) is 24.8 Å². The van der Waals surface area contributed by atoms with E-state index in [0.29, 0.717) is 11.8 Å². The normalized spacial score (nSPS) is 58.1. The van der Waals surface area contributed by atoms with Crippen LogP contribution in [0.25, 0.3) is 0 Å². The molecule has 112 valence electrons. The van der Waals surface area contributed by atoms with Gasteiger partial charge in [0.2, 0.25) is 5.79 Å². The Balaban J connectivity index is 1.84. The van der Waals surface area contributed by atoms with Gasteiger partial charge in [-0.05, 0) is 50.5 Å². The van der Waals surface area contributed by atoms with Crippen molar-refractivity contribution in [1.82, 2.24) is 0 Å². The van der Waals surface area contributed by atoms with E-state index >= 15 is 0 Å². The number of rotatable bonds is 0. The molecule has 4 saturated heterocycles. The molecule has 4 nitrogen and oxygen atoms in total. The van der Waals surface area contributed by atoms with Gasteiger partial charge >= 0.3 is 0 Å². The van der Waals surface area contributed by atoms with Crippen molar-refractivity contribution in [2.75, 3.05) is 0 Å². The van der Waals surface area contributed by atoms with Crippen LogP contribution >= 0.6 is 0 Å². The second-order valence-electron chi connectivity index (χ2n) is 7.21. The molecule has 1 aliphatic carbocycles. The fourth-order valence-electron chi connectivity index (χ4n) is 4.75. The fraction of sp³-hybridized carbons (Fsp3) is 0.875. The van der Waals surface area contributed by atoms with Crippen molar-refractivity contribution in [3.63, 3.8) is 0 Å². The van der Waals surface area contributed by atoms with Crippen LogP contribution in [0.5, 0.6) is 0 Å². The van der Waals surface area contributed by atoms with Crippen molar-refractivity contribution in [3.05, 3.63) is 12.2 Å². The minimum absolute atomic E-state index is 0.0243. The highest BCUT2D eigenvalue weighted by Gasteiger charge is 2.68. The maximum absolute atomic E-state index is 6.19. The maximum Gasteiger partial charge on any atom is 0.201 e. The van der Waals surface area contributed by atoms with Gasteiger partial charge in [-0.2, -0.15) is 0 Å². The van der Waals surface area contributed by atoms with Gasteiger partial charge in [0.25, 0.3) is 0 Å². The summed E-state index contributed by atoms with van der Waals surface area (Å²) in [5.74, 6) is 0.627. The van der Waals surface area contributed by atoms with Gasteiger partial charge in [-0.25, -0.2) is 9.78 Å². The van der Waals surface area contributed by atoms with Crippen LogP contribution in [0.3, 0.4) is 0 Å². The van der Waals surface area contributed by atoms with Gasteiger partial charge in [-0.1, -0.05) is 13.5 Å². The Morgan fingerprint density at radius 2 is 1.95 bits per heavy atom. The van der Waals surface area contributed by atoms with Crippen LogP contribution in [-0.4, -0.2) is 23.8 Å². The van der Waals surface area contributed by atoms with Crippen molar-refractivity contribution in [3.8, 4) is 0 Å². The van der Waals surface area contributed by atoms with Gasteiger partial charge < -0.3 is 9.47 Å². The van der Waals surface area contributed by atoms with Gasteiger partial charge in [-0.3, -0.25) is 0 Å². The molecule has 2 bridgehead atoms. The van der Waals surface area contributed by atoms with Gasteiger partial charge in [0.05, 0.1) is 6.10 Å². The van der Waals surface area contributed by atoms with Crippen LogP contribution in [0.1, 0.15) is 46.5 Å². The summed E-state index contributed by atoms with van der Waals surface area (Å²) in [5.41, 5.74) is 0.646. The molecule has 0 aromatic rings. The van der Waals surface area contributed by atoms with Crippen molar-refractivity contribution in [2.45, 2.75) is 70.2 Å². The number of hydrogen-bond acceptors (Lipinski definition) is 4. The third-order valence-electron chi connectivity index (χ3n) is 6.02. The Morgan fingerprint density at radius 3 is 2.75 bits per heavy atom. The molecule has 7 atom stereocenters. The zero-order valence-corrected chi connectivity index (χ0v) is 12.6. The Hall–Kier alpha value is -0.420. The minimum Gasteiger partial charge on any atom is -0.342 e. The van der Waals surface area contributed by atoms with E-state index in [1.165, 1.54) is 6.42 Å². The van der Waals surface area contributed by atoms with E-state index in [1.807, 2.05) is 6.92 Å². The van der Waals surface area contributed by atoms with Crippen molar-refractivity contribution in [2.24, 2.45) is 17.8 Å². The lowest BCUT2D eigenvalue weighted by Gasteiger charge is -2.58. The molecule has 5 rings (SSSR count). The summed E-state index contributed by atoms with van der Waals surface area (Å²) >= 11 is 0. The Bertz CT molecular complexity index is 450. The van der Waals surface area contributed by atoms with E-state index in [1.54, 1.807) is 0 Å². The molecule has 1 saturated carbocycles. The molecule has 5 unspecified atom stereocenters. The Labute approximate surface area is 120 Å². The molecule has 0 N–H and O–H groups in total. The molecule has 0 aromatic carbocycles. The molecular formula is C16H24O4. The van der Waals surface area contributed by atoms with E-state index in [9.17, 15) is 0 Å². The van der Waals surface area contributed by atoms with Crippen LogP contribution in [0, 0.1) is 17.8 Å². The predicted octanol–water partition coefficient (Wildman–Crippen LogP) is 3.18. The quantitative estimate of drug-likeness (QED) is 0.504. The standard InChI is InChI=1S/C16H24O4/c1-9-5-6-13-10(2)11(3)17-14-16(13)12(9)7-8-15(4,18-14)19-20-16/h9,11-14H,2,5-8H2,1,3-4H3/t9-,11?,12?,13?,14?,15-,16?/m1/s1. The second-order valence-corrected chi connectivity index (χ2v) is 7.21. The SMILES string of the molecule is C=C1C(C)OC2O[C@@]3(C)CCC4[C@H](C)CCC1C24OO3. The minimum atomic E-state index is -0.671. The zero-order valence-electron chi connectivity index (χ0n) is 12.6. The van der Waals surface area contributed by atoms with E-state index in [-0.39, 0.29) is 18.3 Å². The predicted molar refractivity (Wildman–Crippen MR) is 72.5 cm³/mol. The van der Waals surface area contributed by atoms with Gasteiger partial charge in [0, 0.05) is 12.3 Å². The molecule has 0 aromatic heterocycles. The topological polar surface area (TPSA) is 36.9 Å². The van der Waals surface area contributed by atoms with Crippen LogP contribution in [0.2, 0.25) is 0 Å². The molecule has 1 spiro atoms. The van der Waals surface area contributed by atoms with Crippen LogP contribution in [0.15, 0.2) is 12.2 Å². The molecule has 20 heavy (non-hydrogen) atoms. The molecule has 4 aliphatic heterocycles. The molecule has 4 heterocycles. The second kappa shape index (κ2) is 4.07. The highest BCUT2D eigenvalue weighted by Crippen LogP contribution is 2.60. The molecule has 4 heteroatoms. The first kappa shape index (κ1) is 13.3. The van der Waals surface area contributed by atoms with Crippen LogP contribution < -0.4 is 0 Å². The smallest absolute Gasteiger partial charge is 0.201 e. The van der Waals surface area contributed by atoms with Crippen molar-refractivity contribution in [1.29, 1.82) is 0 Å². The lowest BCUT2D eigenvalue weighted by atomic mass is 9.59. The maximum atomic E-state index is 6.19. The number of hydrogen-bond donors (Lipinski definition) is 0. The first-order chi connectivity index (χ1) is 9.46. The summed E-state index contributed by atoms with van der Waals surface area (Å²) in [6.45, 7) is 10.6. The first-order valence-electron chi connectivity index (χ1n) is 7.85. The van der Waals surface area contributed by atoms with E-state index in [4.69, 9.17) is 19.2 Å². The number of ether oxygens (including phenoxy) is 2. The van der Waals surface area contributed by atoms with Crippen LogP contribution in [0.4, 0.5) is 0 Å². The largest absolute Gasteiger partial charge is 0.342 e. The Kier molecular flexibility index (Phi) is 2.70. The summed E-state index contributed by atoms with van der Waals surface area (Å²) in [6.07, 6.45) is 3.92. The molecular weight excluding hydrogens is 256 g/mol. The molecule has 5 fully saturated rings. The average Bonchev–Trinajstić information content (AvgIpc) is 2.63. The van der Waals surface area contributed by atoms with Gasteiger partial charge in [0.1, 0.15) is 0 Å². The lowest BCUT2D eigenvalue weighted by molar-refractivity contribution is -0.562. The molecule has 0 radical (unpaired) electrons. The van der Waals surface area contributed by atoms with Gasteiger partial charge in [0.15, 0.2) is 11.9 Å². The third kappa shape index (κ3) is 1.51. The molecule has 0 amide bonds. The first-order valence-corrected chi connectivity index (χ1v) is 7.85. The highest BCUT2D eigenvalue weighted by atomic mass is 17.3. The van der Waals surface area contributed by atoms with E-state index in [2.05, 4.69) is 20.4 Å². The third-order valence-corrected chi connectivity index (χ3v) is 6.02. The van der Waals surface area contributed by atoms with Crippen molar-refractivity contribution < 1.29 is 19.2 Å². The molecule has 5 aliphatic rings. The zero-order chi connectivity index (χ0) is 14.1. The Morgan fingerprint density at radius 1 is 1.15 bits per heavy atom. The average molecular weight is 280 g/mol. The summed E-state index contributed by atoms with van der Waals surface area (Å²) < 4.78 is 12.3. The van der Waals surface area contributed by atoms with Crippen LogP contribution in [-0.2, 0) is 19.2 Å². The highest BCUT2D eigenvalue weighted by molar-refractivity contribution is 5.22. The van der Waals surface area contributed by atoms with E-state index < -0.39 is 11.4 Å².